The summed E-state index contributed by atoms with van der Waals surface area (Å²) in [6, 6.07) is 4.81. The second kappa shape index (κ2) is 8.15. The van der Waals surface area contributed by atoms with Gasteiger partial charge in [0, 0.05) is 11.4 Å². The highest BCUT2D eigenvalue weighted by Gasteiger charge is 2.23. The summed E-state index contributed by atoms with van der Waals surface area (Å²) in [6.45, 7) is 2.37. The standard InChI is InChI=1S/C18H20ClNO4S/c1-11-16(25-9-8-23-11)17(21)20-12-6-7-15(19)14(10-12)18(22)24-13-4-2-3-5-13/h6-7,10,13H,2-5,8-9H2,1H3,(H,20,21). The molecule has 1 aliphatic heterocycles. The molecule has 2 aliphatic rings. The fourth-order valence-electron chi connectivity index (χ4n) is 2.90. The van der Waals surface area contributed by atoms with Gasteiger partial charge in [0.1, 0.15) is 16.8 Å². The molecule has 0 saturated heterocycles. The number of allylic oxidation sites excluding steroid dienone is 1. The number of hydrogen-bond acceptors (Lipinski definition) is 5. The molecule has 1 aromatic carbocycles. The van der Waals surface area contributed by atoms with E-state index in [0.717, 1.165) is 31.4 Å². The Hall–Kier alpha value is -1.66. The minimum absolute atomic E-state index is 0.0367. The molecule has 7 heteroatoms. The van der Waals surface area contributed by atoms with E-state index in [9.17, 15) is 9.59 Å². The van der Waals surface area contributed by atoms with Gasteiger partial charge in [-0.05, 0) is 50.8 Å². The second-order valence-corrected chi connectivity index (χ2v) is 7.56. The molecular formula is C18H20ClNO4S. The third-order valence-electron chi connectivity index (χ3n) is 4.19. The SMILES string of the molecule is CC1=C(C(=O)Nc2ccc(Cl)c(C(=O)OC3CCCC3)c2)SCCO1. The maximum absolute atomic E-state index is 12.4. The normalized spacial score (nSPS) is 18.0. The Morgan fingerprint density at radius 1 is 1.32 bits per heavy atom. The number of ether oxygens (including phenoxy) is 2. The minimum Gasteiger partial charge on any atom is -0.496 e. The van der Waals surface area contributed by atoms with Gasteiger partial charge in [0.05, 0.1) is 17.2 Å². The predicted molar refractivity (Wildman–Crippen MR) is 98.9 cm³/mol. The molecule has 0 radical (unpaired) electrons. The van der Waals surface area contributed by atoms with Gasteiger partial charge in [-0.15, -0.1) is 11.8 Å². The van der Waals surface area contributed by atoms with E-state index < -0.39 is 5.97 Å². The quantitative estimate of drug-likeness (QED) is 0.784. The topological polar surface area (TPSA) is 64.6 Å². The molecule has 0 bridgehead atoms. The molecule has 25 heavy (non-hydrogen) atoms. The molecule has 1 saturated carbocycles. The Labute approximate surface area is 156 Å². The van der Waals surface area contributed by atoms with Gasteiger partial charge in [0.25, 0.3) is 5.91 Å². The highest BCUT2D eigenvalue weighted by atomic mass is 35.5. The van der Waals surface area contributed by atoms with E-state index in [1.165, 1.54) is 11.8 Å². The maximum atomic E-state index is 12.4. The molecular weight excluding hydrogens is 362 g/mol. The van der Waals surface area contributed by atoms with Crippen molar-refractivity contribution in [2.24, 2.45) is 0 Å². The lowest BCUT2D eigenvalue weighted by Gasteiger charge is -2.18. The summed E-state index contributed by atoms with van der Waals surface area (Å²) in [6.07, 6.45) is 3.91. The molecule has 1 N–H and O–H groups in total. The fourth-order valence-corrected chi connectivity index (χ4v) is 3.91. The summed E-state index contributed by atoms with van der Waals surface area (Å²) >= 11 is 7.60. The molecule has 134 valence electrons. The van der Waals surface area contributed by atoms with Crippen LogP contribution in [-0.4, -0.2) is 30.3 Å². The molecule has 0 aromatic heterocycles. The van der Waals surface area contributed by atoms with Crippen molar-refractivity contribution in [1.82, 2.24) is 0 Å². The zero-order valence-electron chi connectivity index (χ0n) is 14.0. The number of carbonyl (C=O) groups excluding carboxylic acids is 2. The first-order valence-corrected chi connectivity index (χ1v) is 9.69. The van der Waals surface area contributed by atoms with Crippen LogP contribution >= 0.6 is 23.4 Å². The van der Waals surface area contributed by atoms with Crippen LogP contribution < -0.4 is 5.32 Å². The molecule has 5 nitrogen and oxygen atoms in total. The van der Waals surface area contributed by atoms with E-state index >= 15 is 0 Å². The van der Waals surface area contributed by atoms with Crippen molar-refractivity contribution in [3.8, 4) is 0 Å². The van der Waals surface area contributed by atoms with E-state index in [2.05, 4.69) is 5.32 Å². The molecule has 1 aromatic rings. The first kappa shape index (κ1) is 18.1. The number of hydrogen-bond donors (Lipinski definition) is 1. The monoisotopic (exact) mass is 381 g/mol. The molecule has 0 unspecified atom stereocenters. The van der Waals surface area contributed by atoms with E-state index in [1.807, 2.05) is 0 Å². The lowest BCUT2D eigenvalue weighted by atomic mass is 10.2. The highest BCUT2D eigenvalue weighted by molar-refractivity contribution is 8.04. The number of esters is 1. The number of nitrogens with one attached hydrogen (secondary N) is 1. The van der Waals surface area contributed by atoms with Crippen LogP contribution in [0.2, 0.25) is 5.02 Å². The van der Waals surface area contributed by atoms with Crippen LogP contribution in [-0.2, 0) is 14.3 Å². The van der Waals surface area contributed by atoms with E-state index in [-0.39, 0.29) is 17.6 Å². The van der Waals surface area contributed by atoms with Gasteiger partial charge in [-0.1, -0.05) is 11.6 Å². The summed E-state index contributed by atoms with van der Waals surface area (Å²) < 4.78 is 10.9. The van der Waals surface area contributed by atoms with Gasteiger partial charge in [-0.3, -0.25) is 4.79 Å². The fraction of sp³-hybridized carbons (Fsp3) is 0.444. The van der Waals surface area contributed by atoms with Gasteiger partial charge in [-0.2, -0.15) is 0 Å². The van der Waals surface area contributed by atoms with Gasteiger partial charge >= 0.3 is 5.97 Å². The summed E-state index contributed by atoms with van der Waals surface area (Å²) in [5.74, 6) is 0.654. The summed E-state index contributed by atoms with van der Waals surface area (Å²) in [5.41, 5.74) is 0.767. The second-order valence-electron chi connectivity index (χ2n) is 6.04. The van der Waals surface area contributed by atoms with Crippen molar-refractivity contribution < 1.29 is 19.1 Å². The van der Waals surface area contributed by atoms with E-state index in [4.69, 9.17) is 21.1 Å². The predicted octanol–water partition coefficient (Wildman–Crippen LogP) is 4.37. The molecule has 1 aliphatic carbocycles. The summed E-state index contributed by atoms with van der Waals surface area (Å²) in [5, 5.41) is 3.11. The first-order chi connectivity index (χ1) is 12.0. The van der Waals surface area contributed by atoms with Crippen LogP contribution in [0.1, 0.15) is 43.0 Å². The van der Waals surface area contributed by atoms with Crippen LogP contribution in [0.5, 0.6) is 0 Å². The smallest absolute Gasteiger partial charge is 0.340 e. The average molecular weight is 382 g/mol. The maximum Gasteiger partial charge on any atom is 0.340 e. The summed E-state index contributed by atoms with van der Waals surface area (Å²) in [7, 11) is 0. The molecule has 0 atom stereocenters. The van der Waals surface area contributed by atoms with E-state index in [1.54, 1.807) is 25.1 Å². The zero-order chi connectivity index (χ0) is 17.8. The Bertz CT molecular complexity index is 713. The van der Waals surface area contributed by atoms with Gasteiger partial charge < -0.3 is 14.8 Å². The molecule has 3 rings (SSSR count). The van der Waals surface area contributed by atoms with Gasteiger partial charge in [0.15, 0.2) is 0 Å². The Balaban J connectivity index is 1.72. The number of rotatable bonds is 4. The number of anilines is 1. The van der Waals surface area contributed by atoms with Crippen molar-refractivity contribution in [3.63, 3.8) is 0 Å². The van der Waals surface area contributed by atoms with Crippen LogP contribution in [0.25, 0.3) is 0 Å². The molecule has 1 fully saturated rings. The van der Waals surface area contributed by atoms with Crippen molar-refractivity contribution in [1.29, 1.82) is 0 Å². The largest absolute Gasteiger partial charge is 0.496 e. The van der Waals surface area contributed by atoms with E-state index in [0.29, 0.717) is 28.0 Å². The average Bonchev–Trinajstić information content (AvgIpc) is 3.09. The third kappa shape index (κ3) is 4.50. The Kier molecular flexibility index (Phi) is 5.91. The number of carbonyl (C=O) groups is 2. The number of amides is 1. The number of halogens is 1. The first-order valence-electron chi connectivity index (χ1n) is 8.33. The van der Waals surface area contributed by atoms with Crippen molar-refractivity contribution >= 4 is 40.9 Å². The molecule has 0 spiro atoms. The van der Waals surface area contributed by atoms with Crippen molar-refractivity contribution in [3.05, 3.63) is 39.4 Å². The third-order valence-corrected chi connectivity index (χ3v) is 5.66. The van der Waals surface area contributed by atoms with Crippen LogP contribution in [0.15, 0.2) is 28.9 Å². The highest BCUT2D eigenvalue weighted by Crippen LogP contribution is 2.29. The molecule has 1 heterocycles. The summed E-state index contributed by atoms with van der Waals surface area (Å²) in [4.78, 5) is 25.3. The Morgan fingerprint density at radius 3 is 2.80 bits per heavy atom. The van der Waals surface area contributed by atoms with Crippen LogP contribution in [0.4, 0.5) is 5.69 Å². The number of benzene rings is 1. The lowest BCUT2D eigenvalue weighted by Crippen LogP contribution is -2.19. The van der Waals surface area contributed by atoms with Crippen molar-refractivity contribution in [2.75, 3.05) is 17.7 Å². The zero-order valence-corrected chi connectivity index (χ0v) is 15.5. The van der Waals surface area contributed by atoms with Crippen molar-refractivity contribution in [2.45, 2.75) is 38.7 Å². The van der Waals surface area contributed by atoms with Crippen LogP contribution in [0, 0.1) is 0 Å². The number of thioether (sulfide) groups is 1. The lowest BCUT2D eigenvalue weighted by molar-refractivity contribution is -0.112. The molecule has 1 amide bonds. The van der Waals surface area contributed by atoms with Gasteiger partial charge in [-0.25, -0.2) is 4.79 Å². The van der Waals surface area contributed by atoms with Gasteiger partial charge in [0.2, 0.25) is 0 Å². The van der Waals surface area contributed by atoms with Crippen LogP contribution in [0.3, 0.4) is 0 Å². The minimum atomic E-state index is -0.446. The Morgan fingerprint density at radius 2 is 2.08 bits per heavy atom.